The average molecular weight is 371 g/mol. The minimum absolute atomic E-state index is 0.0475. The third kappa shape index (κ3) is 4.87. The van der Waals surface area contributed by atoms with Gasteiger partial charge in [0.05, 0.1) is 24.7 Å². The highest BCUT2D eigenvalue weighted by molar-refractivity contribution is 5.89. The SMILES string of the molecule is CC1NC(=O)CC(C(=O)N[C@@H](c2ccc(OC(F)(F)F)cc2)C2CC2)N1. The Bertz CT molecular complexity index is 674. The number of ether oxygens (including phenoxy) is 1. The van der Waals surface area contributed by atoms with Gasteiger partial charge in [-0.25, -0.2) is 0 Å². The van der Waals surface area contributed by atoms with Gasteiger partial charge < -0.3 is 15.4 Å². The summed E-state index contributed by atoms with van der Waals surface area (Å²) in [6.45, 7) is 1.75. The third-order valence-electron chi connectivity index (χ3n) is 4.40. The van der Waals surface area contributed by atoms with Crippen LogP contribution in [0.2, 0.25) is 0 Å². The summed E-state index contributed by atoms with van der Waals surface area (Å²) in [4.78, 5) is 24.1. The molecule has 1 saturated heterocycles. The molecule has 0 radical (unpaired) electrons. The highest BCUT2D eigenvalue weighted by atomic mass is 19.4. The van der Waals surface area contributed by atoms with E-state index in [0.717, 1.165) is 12.8 Å². The summed E-state index contributed by atoms with van der Waals surface area (Å²) >= 11 is 0. The van der Waals surface area contributed by atoms with Crippen LogP contribution in [-0.2, 0) is 9.59 Å². The molecule has 1 aliphatic carbocycles. The van der Waals surface area contributed by atoms with Gasteiger partial charge in [-0.1, -0.05) is 12.1 Å². The molecule has 1 aliphatic heterocycles. The standard InChI is InChI=1S/C17H20F3N3O3/c1-9-21-13(8-14(24)22-9)16(25)23-15(10-2-3-10)11-4-6-12(7-5-11)26-17(18,19)20/h4-7,9-10,13,15,21H,2-3,8H2,1H3,(H,22,24)(H,23,25)/t9?,13?,15-/m1/s1. The zero-order valence-electron chi connectivity index (χ0n) is 14.1. The van der Waals surface area contributed by atoms with Crippen LogP contribution in [0, 0.1) is 5.92 Å². The van der Waals surface area contributed by atoms with Gasteiger partial charge in [-0.2, -0.15) is 0 Å². The summed E-state index contributed by atoms with van der Waals surface area (Å²) in [6.07, 6.45) is -3.13. The van der Waals surface area contributed by atoms with Crippen LogP contribution in [-0.4, -0.2) is 30.4 Å². The Labute approximate surface area is 148 Å². The van der Waals surface area contributed by atoms with Crippen molar-refractivity contribution in [3.63, 3.8) is 0 Å². The summed E-state index contributed by atoms with van der Waals surface area (Å²) in [6, 6.07) is 4.58. The van der Waals surface area contributed by atoms with Crippen LogP contribution >= 0.6 is 0 Å². The first-order chi connectivity index (χ1) is 12.2. The van der Waals surface area contributed by atoms with Gasteiger partial charge in [-0.3, -0.25) is 14.9 Å². The molecule has 1 aromatic carbocycles. The van der Waals surface area contributed by atoms with Crippen LogP contribution in [0.4, 0.5) is 13.2 Å². The van der Waals surface area contributed by atoms with Gasteiger partial charge in [0.25, 0.3) is 0 Å². The second-order valence-corrected chi connectivity index (χ2v) is 6.65. The quantitative estimate of drug-likeness (QED) is 0.740. The maximum Gasteiger partial charge on any atom is 0.573 e. The minimum Gasteiger partial charge on any atom is -0.406 e. The minimum atomic E-state index is -4.74. The molecule has 0 spiro atoms. The Morgan fingerprint density at radius 3 is 2.46 bits per heavy atom. The average Bonchev–Trinajstić information content (AvgIpc) is 3.35. The lowest BCUT2D eigenvalue weighted by Gasteiger charge is -2.30. The molecule has 9 heteroatoms. The van der Waals surface area contributed by atoms with Crippen molar-refractivity contribution in [2.24, 2.45) is 5.92 Å². The summed E-state index contributed by atoms with van der Waals surface area (Å²) in [5.74, 6) is -0.558. The smallest absolute Gasteiger partial charge is 0.406 e. The van der Waals surface area contributed by atoms with E-state index in [0.29, 0.717) is 5.56 Å². The van der Waals surface area contributed by atoms with Crippen molar-refractivity contribution in [1.82, 2.24) is 16.0 Å². The molecule has 2 aliphatic rings. The van der Waals surface area contributed by atoms with Crippen LogP contribution in [0.5, 0.6) is 5.75 Å². The predicted molar refractivity (Wildman–Crippen MR) is 85.9 cm³/mol. The Morgan fingerprint density at radius 1 is 1.27 bits per heavy atom. The number of carbonyl (C=O) groups is 2. The first kappa shape index (κ1) is 18.5. The van der Waals surface area contributed by atoms with Gasteiger partial charge >= 0.3 is 6.36 Å². The van der Waals surface area contributed by atoms with E-state index in [1.165, 1.54) is 24.3 Å². The van der Waals surface area contributed by atoms with E-state index in [4.69, 9.17) is 0 Å². The number of nitrogens with one attached hydrogen (secondary N) is 3. The molecule has 2 amide bonds. The molecule has 142 valence electrons. The van der Waals surface area contributed by atoms with Crippen molar-refractivity contribution in [3.05, 3.63) is 29.8 Å². The van der Waals surface area contributed by atoms with Crippen molar-refractivity contribution in [3.8, 4) is 5.75 Å². The lowest BCUT2D eigenvalue weighted by molar-refractivity contribution is -0.274. The van der Waals surface area contributed by atoms with Gasteiger partial charge in [0.1, 0.15) is 5.75 Å². The number of halogens is 3. The summed E-state index contributed by atoms with van der Waals surface area (Å²) < 4.78 is 40.7. The number of rotatable bonds is 5. The number of alkyl halides is 3. The molecular weight excluding hydrogens is 351 g/mol. The van der Waals surface area contributed by atoms with Crippen molar-refractivity contribution in [1.29, 1.82) is 0 Å². The van der Waals surface area contributed by atoms with Gasteiger partial charge in [-0.05, 0) is 43.4 Å². The summed E-state index contributed by atoms with van der Waals surface area (Å²) in [5, 5.41) is 8.61. The highest BCUT2D eigenvalue weighted by Crippen LogP contribution is 2.41. The number of amides is 2. The Morgan fingerprint density at radius 2 is 1.92 bits per heavy atom. The predicted octanol–water partition coefficient (Wildman–Crippen LogP) is 1.98. The molecule has 2 fully saturated rings. The number of benzene rings is 1. The van der Waals surface area contributed by atoms with Crippen LogP contribution in [0.3, 0.4) is 0 Å². The van der Waals surface area contributed by atoms with E-state index in [-0.39, 0.29) is 42.1 Å². The number of hydrogen-bond donors (Lipinski definition) is 3. The van der Waals surface area contributed by atoms with Crippen molar-refractivity contribution in [2.45, 2.75) is 50.8 Å². The molecule has 2 unspecified atom stereocenters. The molecular formula is C17H20F3N3O3. The Kier molecular flexibility index (Phi) is 5.08. The van der Waals surface area contributed by atoms with Crippen LogP contribution in [0.15, 0.2) is 24.3 Å². The van der Waals surface area contributed by atoms with E-state index in [1.807, 2.05) is 0 Å². The second-order valence-electron chi connectivity index (χ2n) is 6.65. The topological polar surface area (TPSA) is 79.5 Å². The maximum atomic E-state index is 12.5. The Hall–Kier alpha value is -2.29. The van der Waals surface area contributed by atoms with Crippen LogP contribution < -0.4 is 20.7 Å². The van der Waals surface area contributed by atoms with Crippen LogP contribution in [0.25, 0.3) is 0 Å². The van der Waals surface area contributed by atoms with E-state index < -0.39 is 12.4 Å². The lowest BCUT2D eigenvalue weighted by Crippen LogP contribution is -2.59. The molecule has 0 bridgehead atoms. The zero-order valence-corrected chi connectivity index (χ0v) is 14.1. The van der Waals surface area contributed by atoms with Gasteiger partial charge in [0, 0.05) is 0 Å². The van der Waals surface area contributed by atoms with E-state index >= 15 is 0 Å². The van der Waals surface area contributed by atoms with Gasteiger partial charge in [0.2, 0.25) is 11.8 Å². The highest BCUT2D eigenvalue weighted by Gasteiger charge is 2.37. The third-order valence-corrected chi connectivity index (χ3v) is 4.40. The monoisotopic (exact) mass is 371 g/mol. The molecule has 0 aromatic heterocycles. The first-order valence-electron chi connectivity index (χ1n) is 8.43. The van der Waals surface area contributed by atoms with Crippen molar-refractivity contribution >= 4 is 11.8 Å². The molecule has 1 saturated carbocycles. The molecule has 1 heterocycles. The molecule has 6 nitrogen and oxygen atoms in total. The normalized spacial score (nSPS) is 24.5. The molecule has 3 N–H and O–H groups in total. The fourth-order valence-corrected chi connectivity index (χ4v) is 3.09. The molecule has 1 aromatic rings. The van der Waals surface area contributed by atoms with Gasteiger partial charge in [-0.15, -0.1) is 13.2 Å². The summed E-state index contributed by atoms with van der Waals surface area (Å²) in [5.41, 5.74) is 0.712. The van der Waals surface area contributed by atoms with E-state index in [1.54, 1.807) is 6.92 Å². The largest absolute Gasteiger partial charge is 0.573 e. The van der Waals surface area contributed by atoms with Crippen molar-refractivity contribution < 1.29 is 27.5 Å². The van der Waals surface area contributed by atoms with E-state index in [2.05, 4.69) is 20.7 Å². The fraction of sp³-hybridized carbons (Fsp3) is 0.529. The second kappa shape index (κ2) is 7.14. The van der Waals surface area contributed by atoms with E-state index in [9.17, 15) is 22.8 Å². The molecule has 3 atom stereocenters. The molecule has 26 heavy (non-hydrogen) atoms. The number of hydrogen-bond acceptors (Lipinski definition) is 4. The van der Waals surface area contributed by atoms with Gasteiger partial charge in [0.15, 0.2) is 0 Å². The number of carbonyl (C=O) groups excluding carboxylic acids is 2. The van der Waals surface area contributed by atoms with Crippen LogP contribution in [0.1, 0.15) is 37.8 Å². The fourth-order valence-electron chi connectivity index (χ4n) is 3.09. The molecule has 3 rings (SSSR count). The Balaban J connectivity index is 1.67. The first-order valence-corrected chi connectivity index (χ1v) is 8.43. The summed E-state index contributed by atoms with van der Waals surface area (Å²) in [7, 11) is 0. The maximum absolute atomic E-state index is 12.5. The van der Waals surface area contributed by atoms with Crippen molar-refractivity contribution in [2.75, 3.05) is 0 Å². The lowest BCUT2D eigenvalue weighted by atomic mass is 10.0. The zero-order chi connectivity index (χ0) is 18.9.